The highest BCUT2D eigenvalue weighted by atomic mass is 16.2. The summed E-state index contributed by atoms with van der Waals surface area (Å²) in [7, 11) is 1.80. The van der Waals surface area contributed by atoms with E-state index in [1.807, 2.05) is 19.9 Å². The third kappa shape index (κ3) is 2.56. The minimum absolute atomic E-state index is 0.000781. The first kappa shape index (κ1) is 11.2. The van der Waals surface area contributed by atoms with Crippen molar-refractivity contribution in [1.29, 1.82) is 5.26 Å². The molecule has 0 aliphatic carbocycles. The number of nitrogens with zero attached hydrogens (tertiary/aromatic N) is 4. The number of aryl methyl sites for hydroxylation is 1. The zero-order valence-electron chi connectivity index (χ0n) is 9.14. The minimum Gasteiger partial charge on any atom is -0.340 e. The first-order valence-electron chi connectivity index (χ1n) is 4.72. The normalized spacial score (nSPS) is 10.1. The molecule has 0 aromatic carbocycles. The first-order valence-corrected chi connectivity index (χ1v) is 4.72. The van der Waals surface area contributed by atoms with Gasteiger partial charge in [0.05, 0.1) is 12.4 Å². The molecule has 0 spiro atoms. The van der Waals surface area contributed by atoms with Crippen molar-refractivity contribution in [2.24, 2.45) is 7.05 Å². The van der Waals surface area contributed by atoms with E-state index >= 15 is 0 Å². The summed E-state index contributed by atoms with van der Waals surface area (Å²) in [5, 5.41) is 8.62. The van der Waals surface area contributed by atoms with Gasteiger partial charge in [-0.1, -0.05) is 0 Å². The van der Waals surface area contributed by atoms with Crippen molar-refractivity contribution in [3.63, 3.8) is 0 Å². The van der Waals surface area contributed by atoms with Crippen LogP contribution in [0.1, 0.15) is 24.3 Å². The summed E-state index contributed by atoms with van der Waals surface area (Å²) >= 11 is 0. The molecular formula is C10H14N4O. The lowest BCUT2D eigenvalue weighted by molar-refractivity contribution is 0.0726. The van der Waals surface area contributed by atoms with E-state index in [1.165, 1.54) is 4.90 Å². The van der Waals surface area contributed by atoms with Crippen molar-refractivity contribution in [2.45, 2.75) is 19.9 Å². The van der Waals surface area contributed by atoms with E-state index in [0.717, 1.165) is 0 Å². The molecular weight excluding hydrogens is 192 g/mol. The number of carbonyl (C=O) groups excluding carboxylic acids is 1. The summed E-state index contributed by atoms with van der Waals surface area (Å²) in [6.07, 6.45) is 3.22. The monoisotopic (exact) mass is 206 g/mol. The molecule has 80 valence electrons. The largest absolute Gasteiger partial charge is 0.340 e. The van der Waals surface area contributed by atoms with Crippen LogP contribution in [0.5, 0.6) is 0 Å². The Bertz CT molecular complexity index is 388. The lowest BCUT2D eigenvalue weighted by Crippen LogP contribution is -2.37. The van der Waals surface area contributed by atoms with E-state index in [0.29, 0.717) is 5.69 Å². The Balaban J connectivity index is 2.86. The molecule has 1 heterocycles. The Hall–Kier alpha value is -1.83. The van der Waals surface area contributed by atoms with Gasteiger partial charge in [-0.15, -0.1) is 0 Å². The highest BCUT2D eigenvalue weighted by molar-refractivity contribution is 5.92. The van der Waals surface area contributed by atoms with Gasteiger partial charge < -0.3 is 9.47 Å². The van der Waals surface area contributed by atoms with E-state index < -0.39 is 0 Å². The Morgan fingerprint density at radius 2 is 2.40 bits per heavy atom. The average molecular weight is 206 g/mol. The Labute approximate surface area is 88.9 Å². The molecule has 5 nitrogen and oxygen atoms in total. The summed E-state index contributed by atoms with van der Waals surface area (Å²) in [6, 6.07) is 1.98. The number of imidazole rings is 1. The molecule has 15 heavy (non-hydrogen) atoms. The number of hydrogen-bond donors (Lipinski definition) is 0. The molecule has 5 heteroatoms. The van der Waals surface area contributed by atoms with Crippen LogP contribution in [0.25, 0.3) is 0 Å². The molecule has 1 aromatic rings. The van der Waals surface area contributed by atoms with E-state index in [-0.39, 0.29) is 18.5 Å². The van der Waals surface area contributed by atoms with E-state index in [1.54, 1.807) is 24.1 Å². The second kappa shape index (κ2) is 4.60. The third-order valence-electron chi connectivity index (χ3n) is 2.05. The standard InChI is InChI=1S/C10H14N4O/c1-8(2)14(5-4-11)10(15)9-6-13(3)7-12-9/h6-8H,5H2,1-3H3. The molecule has 0 radical (unpaired) electrons. The van der Waals surface area contributed by atoms with Gasteiger partial charge in [0.1, 0.15) is 12.2 Å². The van der Waals surface area contributed by atoms with Crippen LogP contribution < -0.4 is 0 Å². The van der Waals surface area contributed by atoms with Crippen molar-refractivity contribution < 1.29 is 4.79 Å². The van der Waals surface area contributed by atoms with E-state index in [9.17, 15) is 4.79 Å². The molecule has 1 aromatic heterocycles. The van der Waals surface area contributed by atoms with Crippen LogP contribution in [0.3, 0.4) is 0 Å². The van der Waals surface area contributed by atoms with Gasteiger partial charge in [-0.2, -0.15) is 5.26 Å². The highest BCUT2D eigenvalue weighted by Crippen LogP contribution is 2.05. The Kier molecular flexibility index (Phi) is 3.45. The lowest BCUT2D eigenvalue weighted by atomic mass is 10.3. The molecule has 0 unspecified atom stereocenters. The topological polar surface area (TPSA) is 61.9 Å². The Morgan fingerprint density at radius 3 is 2.80 bits per heavy atom. The predicted octanol–water partition coefficient (Wildman–Crippen LogP) is 0.794. The molecule has 0 saturated carbocycles. The first-order chi connectivity index (χ1) is 7.06. The summed E-state index contributed by atoms with van der Waals surface area (Å²) in [4.78, 5) is 17.3. The van der Waals surface area contributed by atoms with Crippen LogP contribution in [0, 0.1) is 11.3 Å². The number of carbonyl (C=O) groups is 1. The fourth-order valence-corrected chi connectivity index (χ4v) is 1.24. The summed E-state index contributed by atoms with van der Waals surface area (Å²) in [5.74, 6) is -0.202. The molecule has 0 bridgehead atoms. The van der Waals surface area contributed by atoms with Crippen molar-refractivity contribution >= 4 is 5.91 Å². The van der Waals surface area contributed by atoms with Gasteiger partial charge in [0.25, 0.3) is 5.91 Å². The van der Waals surface area contributed by atoms with Gasteiger partial charge in [-0.25, -0.2) is 4.98 Å². The van der Waals surface area contributed by atoms with Crippen LogP contribution in [-0.4, -0.2) is 32.9 Å². The molecule has 0 saturated heterocycles. The SMILES string of the molecule is CC(C)N(CC#N)C(=O)c1cn(C)cn1. The van der Waals surface area contributed by atoms with Gasteiger partial charge in [0.15, 0.2) is 0 Å². The van der Waals surface area contributed by atoms with Crippen LogP contribution in [0.15, 0.2) is 12.5 Å². The highest BCUT2D eigenvalue weighted by Gasteiger charge is 2.19. The fourth-order valence-electron chi connectivity index (χ4n) is 1.24. The maximum atomic E-state index is 11.9. The van der Waals surface area contributed by atoms with Crippen molar-refractivity contribution in [1.82, 2.24) is 14.5 Å². The van der Waals surface area contributed by atoms with Crippen molar-refractivity contribution in [3.05, 3.63) is 18.2 Å². The number of amides is 1. The van der Waals surface area contributed by atoms with Crippen LogP contribution in [0.4, 0.5) is 0 Å². The third-order valence-corrected chi connectivity index (χ3v) is 2.05. The minimum atomic E-state index is -0.202. The summed E-state index contributed by atoms with van der Waals surface area (Å²) < 4.78 is 1.71. The molecule has 0 fully saturated rings. The Morgan fingerprint density at radius 1 is 1.73 bits per heavy atom. The number of rotatable bonds is 3. The van der Waals surface area contributed by atoms with Crippen LogP contribution >= 0.6 is 0 Å². The van der Waals surface area contributed by atoms with Crippen molar-refractivity contribution in [2.75, 3.05) is 6.54 Å². The maximum absolute atomic E-state index is 11.9. The lowest BCUT2D eigenvalue weighted by Gasteiger charge is -2.22. The van der Waals surface area contributed by atoms with Gasteiger partial charge in [-0.05, 0) is 13.8 Å². The number of aromatic nitrogens is 2. The second-order valence-corrected chi connectivity index (χ2v) is 3.61. The number of hydrogen-bond acceptors (Lipinski definition) is 3. The summed E-state index contributed by atoms with van der Waals surface area (Å²) in [6.45, 7) is 3.84. The van der Waals surface area contributed by atoms with Gasteiger partial charge in [-0.3, -0.25) is 4.79 Å². The average Bonchev–Trinajstić information content (AvgIpc) is 2.59. The van der Waals surface area contributed by atoms with Crippen molar-refractivity contribution in [3.8, 4) is 6.07 Å². The van der Waals surface area contributed by atoms with Crippen LogP contribution in [0.2, 0.25) is 0 Å². The second-order valence-electron chi connectivity index (χ2n) is 3.61. The summed E-state index contributed by atoms with van der Waals surface area (Å²) in [5.41, 5.74) is 0.376. The van der Waals surface area contributed by atoms with Crippen LogP contribution in [-0.2, 0) is 7.05 Å². The maximum Gasteiger partial charge on any atom is 0.275 e. The molecule has 1 rings (SSSR count). The quantitative estimate of drug-likeness (QED) is 0.687. The zero-order valence-corrected chi connectivity index (χ0v) is 9.14. The fraction of sp³-hybridized carbons (Fsp3) is 0.500. The molecule has 1 amide bonds. The molecule has 0 N–H and O–H groups in total. The van der Waals surface area contributed by atoms with Gasteiger partial charge in [0.2, 0.25) is 0 Å². The molecule has 0 atom stereocenters. The zero-order chi connectivity index (χ0) is 11.4. The van der Waals surface area contributed by atoms with Gasteiger partial charge >= 0.3 is 0 Å². The smallest absolute Gasteiger partial charge is 0.275 e. The molecule has 0 aliphatic heterocycles. The molecule has 0 aliphatic rings. The van der Waals surface area contributed by atoms with Gasteiger partial charge in [0, 0.05) is 19.3 Å². The predicted molar refractivity (Wildman–Crippen MR) is 55.0 cm³/mol. The van der Waals surface area contributed by atoms with E-state index in [2.05, 4.69) is 4.98 Å². The number of nitriles is 1. The van der Waals surface area contributed by atoms with E-state index in [4.69, 9.17) is 5.26 Å².